The molecule has 3 nitrogen and oxygen atoms in total. The van der Waals surface area contributed by atoms with E-state index in [1.807, 2.05) is 24.3 Å². The molecule has 1 aliphatic heterocycles. The van der Waals surface area contributed by atoms with E-state index in [-0.39, 0.29) is 11.9 Å². The first-order chi connectivity index (χ1) is 9.20. The Balaban J connectivity index is 1.91. The Kier molecular flexibility index (Phi) is 4.97. The van der Waals surface area contributed by atoms with Gasteiger partial charge < -0.3 is 10.6 Å². The van der Waals surface area contributed by atoms with Crippen LogP contribution in [-0.2, 0) is 6.42 Å². The van der Waals surface area contributed by atoms with Crippen LogP contribution in [0.5, 0.6) is 0 Å². The summed E-state index contributed by atoms with van der Waals surface area (Å²) in [5.41, 5.74) is 2.02. The first kappa shape index (κ1) is 14.1. The van der Waals surface area contributed by atoms with Crippen molar-refractivity contribution < 1.29 is 4.79 Å². The zero-order chi connectivity index (χ0) is 13.7. The van der Waals surface area contributed by atoms with Crippen LogP contribution in [0.15, 0.2) is 24.3 Å². The number of piperidine rings is 1. The maximum atomic E-state index is 12.2. The fourth-order valence-corrected chi connectivity index (χ4v) is 2.61. The van der Waals surface area contributed by atoms with E-state index in [9.17, 15) is 4.79 Å². The fourth-order valence-electron chi connectivity index (χ4n) is 2.61. The highest BCUT2D eigenvalue weighted by Gasteiger charge is 2.21. The fraction of sp³-hybridized carbons (Fsp3) is 0.562. The molecular formula is C16H24N2O. The number of carbonyl (C=O) groups is 1. The Morgan fingerprint density at radius 2 is 2.16 bits per heavy atom. The Morgan fingerprint density at radius 1 is 1.42 bits per heavy atom. The van der Waals surface area contributed by atoms with Crippen LogP contribution < -0.4 is 10.6 Å². The molecule has 2 rings (SSSR count). The second-order valence-corrected chi connectivity index (χ2v) is 5.42. The standard InChI is InChI=1S/C16H24N2O/c1-3-13-6-8-14(9-7-13)16(19)18-12(2)15-5-4-10-17-11-15/h6-9,12,15,17H,3-5,10-11H2,1-2H3,(H,18,19). The predicted molar refractivity (Wildman–Crippen MR) is 78.3 cm³/mol. The maximum absolute atomic E-state index is 12.2. The average molecular weight is 260 g/mol. The molecule has 0 saturated carbocycles. The molecule has 1 amide bonds. The zero-order valence-electron chi connectivity index (χ0n) is 11.9. The lowest BCUT2D eigenvalue weighted by Gasteiger charge is -2.28. The van der Waals surface area contributed by atoms with E-state index in [2.05, 4.69) is 24.5 Å². The van der Waals surface area contributed by atoms with Crippen LogP contribution in [0.25, 0.3) is 0 Å². The quantitative estimate of drug-likeness (QED) is 0.872. The summed E-state index contributed by atoms with van der Waals surface area (Å²) < 4.78 is 0. The number of hydrogen-bond donors (Lipinski definition) is 2. The smallest absolute Gasteiger partial charge is 0.251 e. The predicted octanol–water partition coefficient (Wildman–Crippen LogP) is 2.37. The van der Waals surface area contributed by atoms with E-state index in [0.29, 0.717) is 5.92 Å². The van der Waals surface area contributed by atoms with Crippen LogP contribution in [0, 0.1) is 5.92 Å². The van der Waals surface area contributed by atoms with Crippen LogP contribution >= 0.6 is 0 Å². The van der Waals surface area contributed by atoms with Crippen molar-refractivity contribution in [2.24, 2.45) is 5.92 Å². The Morgan fingerprint density at radius 3 is 2.74 bits per heavy atom. The Hall–Kier alpha value is -1.35. The van der Waals surface area contributed by atoms with Gasteiger partial charge in [-0.1, -0.05) is 19.1 Å². The van der Waals surface area contributed by atoms with Gasteiger partial charge in [-0.25, -0.2) is 0 Å². The largest absolute Gasteiger partial charge is 0.349 e. The summed E-state index contributed by atoms with van der Waals surface area (Å²) in [6, 6.07) is 8.12. The molecule has 1 fully saturated rings. The molecule has 104 valence electrons. The molecule has 1 aromatic rings. The lowest BCUT2D eigenvalue weighted by molar-refractivity contribution is 0.0922. The van der Waals surface area contributed by atoms with Gasteiger partial charge in [0.05, 0.1) is 0 Å². The van der Waals surface area contributed by atoms with E-state index in [1.54, 1.807) is 0 Å². The van der Waals surface area contributed by atoms with Gasteiger partial charge in [0, 0.05) is 11.6 Å². The van der Waals surface area contributed by atoms with Gasteiger partial charge in [0.25, 0.3) is 5.91 Å². The Bertz CT molecular complexity index is 407. The molecule has 0 spiro atoms. The monoisotopic (exact) mass is 260 g/mol. The summed E-state index contributed by atoms with van der Waals surface area (Å²) in [7, 11) is 0. The van der Waals surface area contributed by atoms with Gasteiger partial charge >= 0.3 is 0 Å². The van der Waals surface area contributed by atoms with Gasteiger partial charge in [-0.15, -0.1) is 0 Å². The van der Waals surface area contributed by atoms with Gasteiger partial charge in [0.2, 0.25) is 0 Å². The normalized spacial score (nSPS) is 20.8. The summed E-state index contributed by atoms with van der Waals surface area (Å²) in [6.45, 7) is 6.34. The van der Waals surface area contributed by atoms with Crippen molar-refractivity contribution in [2.75, 3.05) is 13.1 Å². The van der Waals surface area contributed by atoms with E-state index in [1.165, 1.54) is 18.4 Å². The minimum atomic E-state index is 0.0423. The van der Waals surface area contributed by atoms with E-state index in [0.717, 1.165) is 25.1 Å². The molecule has 2 atom stereocenters. The number of hydrogen-bond acceptors (Lipinski definition) is 2. The molecule has 2 unspecified atom stereocenters. The molecule has 2 N–H and O–H groups in total. The topological polar surface area (TPSA) is 41.1 Å². The first-order valence-corrected chi connectivity index (χ1v) is 7.31. The third kappa shape index (κ3) is 3.80. The summed E-state index contributed by atoms with van der Waals surface area (Å²) in [5, 5.41) is 6.52. The number of nitrogens with one attached hydrogen (secondary N) is 2. The van der Waals surface area contributed by atoms with Crippen molar-refractivity contribution in [3.05, 3.63) is 35.4 Å². The van der Waals surface area contributed by atoms with Crippen molar-refractivity contribution in [1.29, 1.82) is 0 Å². The molecular weight excluding hydrogens is 236 g/mol. The summed E-state index contributed by atoms with van der Waals surface area (Å²) in [4.78, 5) is 12.2. The van der Waals surface area contributed by atoms with Crippen LogP contribution in [0.4, 0.5) is 0 Å². The minimum absolute atomic E-state index is 0.0423. The van der Waals surface area contributed by atoms with E-state index >= 15 is 0 Å². The summed E-state index contributed by atoms with van der Waals surface area (Å²) in [5.74, 6) is 0.591. The SMILES string of the molecule is CCc1ccc(C(=O)NC(C)C2CCCNC2)cc1. The zero-order valence-corrected chi connectivity index (χ0v) is 11.9. The third-order valence-electron chi connectivity index (χ3n) is 4.03. The van der Waals surface area contributed by atoms with Crippen molar-refractivity contribution in [1.82, 2.24) is 10.6 Å². The molecule has 1 saturated heterocycles. The van der Waals surface area contributed by atoms with Gasteiger partial charge in [-0.05, 0) is 62.9 Å². The molecule has 1 aliphatic rings. The van der Waals surface area contributed by atoms with Crippen LogP contribution in [0.3, 0.4) is 0 Å². The van der Waals surface area contributed by atoms with Gasteiger partial charge in [-0.2, -0.15) is 0 Å². The lowest BCUT2D eigenvalue weighted by Crippen LogP contribution is -2.44. The first-order valence-electron chi connectivity index (χ1n) is 7.31. The van der Waals surface area contributed by atoms with Crippen molar-refractivity contribution in [3.8, 4) is 0 Å². The van der Waals surface area contributed by atoms with Crippen LogP contribution in [0.1, 0.15) is 42.6 Å². The molecule has 0 radical (unpaired) electrons. The van der Waals surface area contributed by atoms with Gasteiger partial charge in [-0.3, -0.25) is 4.79 Å². The number of benzene rings is 1. The highest BCUT2D eigenvalue weighted by Crippen LogP contribution is 2.15. The highest BCUT2D eigenvalue weighted by molar-refractivity contribution is 5.94. The average Bonchev–Trinajstić information content (AvgIpc) is 2.48. The van der Waals surface area contributed by atoms with Gasteiger partial charge in [0.15, 0.2) is 0 Å². The molecule has 19 heavy (non-hydrogen) atoms. The van der Waals surface area contributed by atoms with E-state index < -0.39 is 0 Å². The molecule has 3 heteroatoms. The molecule has 0 aromatic heterocycles. The Labute approximate surface area is 115 Å². The summed E-state index contributed by atoms with van der Waals surface area (Å²) >= 11 is 0. The second kappa shape index (κ2) is 6.71. The van der Waals surface area contributed by atoms with Crippen molar-refractivity contribution in [2.45, 2.75) is 39.2 Å². The number of aryl methyl sites for hydroxylation is 1. The number of carbonyl (C=O) groups excluding carboxylic acids is 1. The molecule has 1 aromatic carbocycles. The van der Waals surface area contributed by atoms with Crippen molar-refractivity contribution in [3.63, 3.8) is 0 Å². The molecule has 1 heterocycles. The second-order valence-electron chi connectivity index (χ2n) is 5.42. The number of amides is 1. The maximum Gasteiger partial charge on any atom is 0.251 e. The van der Waals surface area contributed by atoms with Crippen LogP contribution in [0.2, 0.25) is 0 Å². The number of rotatable bonds is 4. The van der Waals surface area contributed by atoms with Crippen molar-refractivity contribution >= 4 is 5.91 Å². The van der Waals surface area contributed by atoms with E-state index in [4.69, 9.17) is 0 Å². The third-order valence-corrected chi connectivity index (χ3v) is 4.03. The minimum Gasteiger partial charge on any atom is -0.349 e. The summed E-state index contributed by atoms with van der Waals surface area (Å²) in [6.07, 6.45) is 3.41. The molecule has 0 aliphatic carbocycles. The highest BCUT2D eigenvalue weighted by atomic mass is 16.1. The van der Waals surface area contributed by atoms with Gasteiger partial charge in [0.1, 0.15) is 0 Å². The molecule has 0 bridgehead atoms. The van der Waals surface area contributed by atoms with Crippen LogP contribution in [-0.4, -0.2) is 25.0 Å². The lowest BCUT2D eigenvalue weighted by atomic mass is 9.92.